The number of nitrogens with zero attached hydrogens (tertiary/aromatic N) is 2. The summed E-state index contributed by atoms with van der Waals surface area (Å²) >= 11 is 0. The molecule has 27 heavy (non-hydrogen) atoms. The highest BCUT2D eigenvalue weighted by atomic mass is 16.2. The van der Waals surface area contributed by atoms with Crippen molar-refractivity contribution in [2.75, 3.05) is 4.90 Å². The molecular weight excluding hydrogens is 340 g/mol. The maximum Gasteiger partial charge on any atom is 0.263 e. The van der Waals surface area contributed by atoms with Crippen molar-refractivity contribution in [3.63, 3.8) is 0 Å². The van der Waals surface area contributed by atoms with E-state index in [1.807, 2.05) is 62.3 Å². The molecule has 0 saturated carbocycles. The number of carbonyl (C=O) groups is 3. The van der Waals surface area contributed by atoms with Gasteiger partial charge in [-0.2, -0.15) is 0 Å². The predicted molar refractivity (Wildman–Crippen MR) is 107 cm³/mol. The second-order valence-corrected chi connectivity index (χ2v) is 10.2. The molecule has 0 aliphatic carbocycles. The molecule has 2 heterocycles. The minimum atomic E-state index is -0.582. The normalized spacial score (nSPS) is 16.0. The molecule has 0 fully saturated rings. The monoisotopic (exact) mass is 370 g/mol. The van der Waals surface area contributed by atoms with Crippen molar-refractivity contribution in [3.05, 3.63) is 35.0 Å². The molecule has 146 valence electrons. The average molecular weight is 370 g/mol. The number of hydrogen-bond donors (Lipinski definition) is 0. The summed E-state index contributed by atoms with van der Waals surface area (Å²) in [5, 5.41) is 0. The number of hydrogen-bond acceptors (Lipinski definition) is 4. The number of imide groups is 1. The number of rotatable bonds is 2. The molecule has 0 saturated heterocycles. The molecule has 0 atom stereocenters. The standard InChI is InChI=1S/C22H30N2O3/c1-20(2,3)14-12-17(25)24(19(14)27)16-11-13(18(26)22(7,8)9)10-15(23-16)21(4,5)6/h10-12H,1-9H3. The molecule has 0 unspecified atom stereocenters. The first-order chi connectivity index (χ1) is 12.0. The van der Waals surface area contributed by atoms with Crippen molar-refractivity contribution >= 4 is 23.4 Å². The van der Waals surface area contributed by atoms with Crippen LogP contribution in [0.2, 0.25) is 0 Å². The third-order valence-electron chi connectivity index (χ3n) is 4.48. The van der Waals surface area contributed by atoms with Crippen LogP contribution in [-0.2, 0) is 15.0 Å². The second kappa shape index (κ2) is 6.39. The van der Waals surface area contributed by atoms with Gasteiger partial charge in [-0.1, -0.05) is 62.3 Å². The van der Waals surface area contributed by atoms with E-state index in [2.05, 4.69) is 4.98 Å². The van der Waals surface area contributed by atoms with Crippen LogP contribution in [0.25, 0.3) is 0 Å². The van der Waals surface area contributed by atoms with Crippen molar-refractivity contribution in [2.45, 2.75) is 67.7 Å². The average Bonchev–Trinajstić information content (AvgIpc) is 2.79. The summed E-state index contributed by atoms with van der Waals surface area (Å²) in [4.78, 5) is 44.0. The van der Waals surface area contributed by atoms with E-state index in [-0.39, 0.29) is 22.9 Å². The van der Waals surface area contributed by atoms with Gasteiger partial charge in [0.2, 0.25) is 0 Å². The second-order valence-electron chi connectivity index (χ2n) is 10.2. The lowest BCUT2D eigenvalue weighted by Crippen LogP contribution is -2.34. The predicted octanol–water partition coefficient (Wildman–Crippen LogP) is 4.45. The number of anilines is 1. The topological polar surface area (TPSA) is 67.3 Å². The molecule has 5 nitrogen and oxygen atoms in total. The van der Waals surface area contributed by atoms with Crippen LogP contribution in [0.15, 0.2) is 23.8 Å². The van der Waals surface area contributed by atoms with Gasteiger partial charge in [-0.25, -0.2) is 9.88 Å². The first-order valence-corrected chi connectivity index (χ1v) is 9.21. The Hall–Kier alpha value is -2.30. The summed E-state index contributed by atoms with van der Waals surface area (Å²) in [7, 11) is 0. The maximum atomic E-state index is 12.9. The molecule has 0 spiro atoms. The van der Waals surface area contributed by atoms with Gasteiger partial charge in [0.15, 0.2) is 5.78 Å². The van der Waals surface area contributed by atoms with E-state index in [0.29, 0.717) is 16.8 Å². The van der Waals surface area contributed by atoms with E-state index in [9.17, 15) is 14.4 Å². The van der Waals surface area contributed by atoms with Gasteiger partial charge in [-0.05, 0) is 17.5 Å². The van der Waals surface area contributed by atoms with Crippen LogP contribution in [0.4, 0.5) is 5.82 Å². The molecule has 1 aromatic heterocycles. The van der Waals surface area contributed by atoms with Gasteiger partial charge in [0.25, 0.3) is 11.8 Å². The molecular formula is C22H30N2O3. The minimum Gasteiger partial charge on any atom is -0.294 e. The summed E-state index contributed by atoms with van der Waals surface area (Å²) in [5.74, 6) is -0.641. The fourth-order valence-corrected chi connectivity index (χ4v) is 2.80. The summed E-state index contributed by atoms with van der Waals surface area (Å²) < 4.78 is 0. The molecule has 0 bridgehead atoms. The number of amides is 2. The van der Waals surface area contributed by atoms with Crippen molar-refractivity contribution < 1.29 is 14.4 Å². The fourth-order valence-electron chi connectivity index (χ4n) is 2.80. The summed E-state index contributed by atoms with van der Waals surface area (Å²) in [6, 6.07) is 3.32. The van der Waals surface area contributed by atoms with Gasteiger partial charge >= 0.3 is 0 Å². The van der Waals surface area contributed by atoms with Crippen molar-refractivity contribution in [1.82, 2.24) is 4.98 Å². The van der Waals surface area contributed by atoms with E-state index in [0.717, 1.165) is 4.90 Å². The Bertz CT molecular complexity index is 844. The van der Waals surface area contributed by atoms with Crippen LogP contribution in [0, 0.1) is 10.8 Å². The Morgan fingerprint density at radius 2 is 1.44 bits per heavy atom. The van der Waals surface area contributed by atoms with Crippen LogP contribution in [0.5, 0.6) is 0 Å². The molecule has 5 heteroatoms. The Balaban J connectivity index is 2.63. The third-order valence-corrected chi connectivity index (χ3v) is 4.48. The Morgan fingerprint density at radius 3 is 1.85 bits per heavy atom. The highest BCUT2D eigenvalue weighted by Gasteiger charge is 2.39. The van der Waals surface area contributed by atoms with Crippen LogP contribution in [0.3, 0.4) is 0 Å². The molecule has 1 aromatic rings. The lowest BCUT2D eigenvalue weighted by molar-refractivity contribution is -0.120. The molecule has 1 aliphatic rings. The van der Waals surface area contributed by atoms with E-state index >= 15 is 0 Å². The number of carbonyl (C=O) groups excluding carboxylic acids is 3. The third kappa shape index (κ3) is 4.18. The minimum absolute atomic E-state index is 0.0558. The summed E-state index contributed by atoms with van der Waals surface area (Å²) in [5.41, 5.74) is 0.197. The van der Waals surface area contributed by atoms with Crippen LogP contribution in [-0.4, -0.2) is 22.6 Å². The van der Waals surface area contributed by atoms with Crippen LogP contribution >= 0.6 is 0 Å². The van der Waals surface area contributed by atoms with Gasteiger partial charge in [-0.3, -0.25) is 14.4 Å². The summed E-state index contributed by atoms with van der Waals surface area (Å²) in [6.45, 7) is 17.2. The molecule has 0 aromatic carbocycles. The van der Waals surface area contributed by atoms with Crippen molar-refractivity contribution in [2.24, 2.45) is 10.8 Å². The first-order valence-electron chi connectivity index (χ1n) is 9.21. The zero-order valence-corrected chi connectivity index (χ0v) is 17.9. The Morgan fingerprint density at radius 1 is 0.889 bits per heavy atom. The van der Waals surface area contributed by atoms with Gasteiger partial charge in [0.05, 0.1) is 0 Å². The van der Waals surface area contributed by atoms with Gasteiger partial charge in [0.1, 0.15) is 5.82 Å². The molecule has 0 radical (unpaired) electrons. The Labute approximate surface area is 161 Å². The lowest BCUT2D eigenvalue weighted by Gasteiger charge is -2.25. The maximum absolute atomic E-state index is 12.9. The Kier molecular flexibility index (Phi) is 4.98. The fraction of sp³-hybridized carbons (Fsp3) is 0.545. The number of Topliss-reactive ketones (excluding diaryl/α,β-unsaturated/α-hetero) is 1. The molecule has 2 amide bonds. The van der Waals surface area contributed by atoms with Crippen molar-refractivity contribution in [3.8, 4) is 0 Å². The van der Waals surface area contributed by atoms with Crippen molar-refractivity contribution in [1.29, 1.82) is 0 Å². The van der Waals surface area contributed by atoms with Crippen LogP contribution in [0.1, 0.15) is 78.4 Å². The van der Waals surface area contributed by atoms with E-state index in [1.165, 1.54) is 6.08 Å². The first kappa shape index (κ1) is 21.0. The highest BCUT2D eigenvalue weighted by Crippen LogP contribution is 2.35. The lowest BCUT2D eigenvalue weighted by atomic mass is 9.84. The van der Waals surface area contributed by atoms with E-state index < -0.39 is 16.7 Å². The molecule has 0 N–H and O–H groups in total. The SMILES string of the molecule is CC(C)(C)C(=O)c1cc(N2C(=O)C=C(C(C)(C)C)C2=O)nc(C(C)(C)C)c1. The molecule has 2 rings (SSSR count). The number of pyridine rings is 1. The zero-order chi connectivity index (χ0) is 20.9. The highest BCUT2D eigenvalue weighted by molar-refractivity contribution is 6.30. The quantitative estimate of drug-likeness (QED) is 0.570. The van der Waals surface area contributed by atoms with Crippen LogP contribution < -0.4 is 4.90 Å². The zero-order valence-electron chi connectivity index (χ0n) is 17.9. The summed E-state index contributed by atoms with van der Waals surface area (Å²) in [6.07, 6.45) is 1.37. The number of aromatic nitrogens is 1. The molecule has 1 aliphatic heterocycles. The smallest absolute Gasteiger partial charge is 0.263 e. The number of ketones is 1. The largest absolute Gasteiger partial charge is 0.294 e. The van der Waals surface area contributed by atoms with Gasteiger partial charge in [-0.15, -0.1) is 0 Å². The van der Waals surface area contributed by atoms with Gasteiger partial charge < -0.3 is 0 Å². The van der Waals surface area contributed by atoms with Gasteiger partial charge in [0, 0.05) is 33.7 Å². The van der Waals surface area contributed by atoms with E-state index in [1.54, 1.807) is 12.1 Å². The van der Waals surface area contributed by atoms with E-state index in [4.69, 9.17) is 0 Å².